The van der Waals surface area contributed by atoms with Gasteiger partial charge < -0.3 is 4.74 Å². The van der Waals surface area contributed by atoms with Gasteiger partial charge in [-0.05, 0) is 78.8 Å². The smallest absolute Gasteiger partial charge is 0.0958 e. The van der Waals surface area contributed by atoms with Crippen LogP contribution >= 0.6 is 0 Å². The number of hydrogen-bond acceptors (Lipinski definition) is 1. The molecule has 0 aromatic rings. The molecule has 4 aliphatic rings. The number of methoxy groups -OCH3 is 1. The predicted molar refractivity (Wildman–Crippen MR) is 94.4 cm³/mol. The average Bonchev–Trinajstić information content (AvgIpc) is 3.00. The molecule has 4 unspecified atom stereocenters. The van der Waals surface area contributed by atoms with Crippen molar-refractivity contribution in [2.24, 2.45) is 40.9 Å². The highest BCUT2D eigenvalue weighted by molar-refractivity contribution is 5.35. The first-order valence-electron chi connectivity index (χ1n) is 9.50. The standard InChI is InChI=1S/C22H30O/c1-5-15-6-8-19-18-9-7-16-13-17(23-4)10-11-22(16,3)20(18)12-14(2)21(15)19/h1,7,13-15,18-21H,6,8-12H2,2-4H3/t14-,15+,18?,19?,20?,21?,22+/m1/s1. The molecular formula is C22H30O. The Morgan fingerprint density at radius 3 is 2.87 bits per heavy atom. The number of rotatable bonds is 1. The molecule has 1 nitrogen and oxygen atoms in total. The Labute approximate surface area is 141 Å². The minimum atomic E-state index is 0.360. The van der Waals surface area contributed by atoms with Gasteiger partial charge in [0.15, 0.2) is 0 Å². The van der Waals surface area contributed by atoms with Gasteiger partial charge in [0.25, 0.3) is 0 Å². The van der Waals surface area contributed by atoms with Gasteiger partial charge in [0.05, 0.1) is 12.9 Å². The molecule has 124 valence electrons. The number of fused-ring (bicyclic) bond motifs is 5. The lowest BCUT2D eigenvalue weighted by Crippen LogP contribution is -2.48. The van der Waals surface area contributed by atoms with E-state index in [2.05, 4.69) is 31.9 Å². The van der Waals surface area contributed by atoms with E-state index in [9.17, 15) is 0 Å². The molecular weight excluding hydrogens is 280 g/mol. The predicted octanol–water partition coefficient (Wildman–Crippen LogP) is 5.19. The van der Waals surface area contributed by atoms with E-state index in [4.69, 9.17) is 11.2 Å². The summed E-state index contributed by atoms with van der Waals surface area (Å²) >= 11 is 0. The molecule has 0 aromatic heterocycles. The van der Waals surface area contributed by atoms with Gasteiger partial charge in [0, 0.05) is 12.3 Å². The molecule has 23 heavy (non-hydrogen) atoms. The van der Waals surface area contributed by atoms with Crippen LogP contribution in [-0.4, -0.2) is 7.11 Å². The molecule has 7 atom stereocenters. The molecule has 0 amide bonds. The lowest BCUT2D eigenvalue weighted by atomic mass is 9.49. The van der Waals surface area contributed by atoms with Gasteiger partial charge in [-0.2, -0.15) is 0 Å². The molecule has 0 heterocycles. The summed E-state index contributed by atoms with van der Waals surface area (Å²) in [5.74, 6) is 8.98. The van der Waals surface area contributed by atoms with E-state index < -0.39 is 0 Å². The van der Waals surface area contributed by atoms with Crippen LogP contribution in [0.2, 0.25) is 0 Å². The number of hydrogen-bond donors (Lipinski definition) is 0. The number of allylic oxidation sites excluding steroid dienone is 4. The minimum Gasteiger partial charge on any atom is -0.501 e. The van der Waals surface area contributed by atoms with Crippen LogP contribution in [0.25, 0.3) is 0 Å². The molecule has 0 aromatic carbocycles. The Balaban J connectivity index is 1.69. The largest absolute Gasteiger partial charge is 0.501 e. The Hall–Kier alpha value is -1.16. The first kappa shape index (κ1) is 15.4. The molecule has 2 fully saturated rings. The van der Waals surface area contributed by atoms with Crippen LogP contribution in [0.5, 0.6) is 0 Å². The zero-order chi connectivity index (χ0) is 16.2. The summed E-state index contributed by atoms with van der Waals surface area (Å²) in [5.41, 5.74) is 1.91. The lowest BCUT2D eigenvalue weighted by molar-refractivity contribution is -0.0143. The fourth-order valence-corrected chi connectivity index (χ4v) is 6.72. The average molecular weight is 310 g/mol. The third-order valence-electron chi connectivity index (χ3n) is 7.89. The quantitative estimate of drug-likeness (QED) is 0.605. The van der Waals surface area contributed by atoms with Crippen molar-refractivity contribution in [1.82, 2.24) is 0 Å². The molecule has 0 saturated heterocycles. The SMILES string of the molecule is C#C[C@H]1CCC2C3CC=C4C=C(OC)CC[C@]4(C)C3C[C@@H](C)C21. The van der Waals surface area contributed by atoms with Crippen LogP contribution < -0.4 is 0 Å². The Bertz CT molecular complexity index is 592. The van der Waals surface area contributed by atoms with Gasteiger partial charge in [-0.1, -0.05) is 19.9 Å². The summed E-state index contributed by atoms with van der Waals surface area (Å²) in [6.07, 6.45) is 18.3. The van der Waals surface area contributed by atoms with Crippen LogP contribution in [0.1, 0.15) is 52.4 Å². The highest BCUT2D eigenvalue weighted by Gasteiger charge is 2.55. The van der Waals surface area contributed by atoms with Crippen molar-refractivity contribution < 1.29 is 4.74 Å². The van der Waals surface area contributed by atoms with E-state index in [-0.39, 0.29) is 0 Å². The summed E-state index contributed by atoms with van der Waals surface area (Å²) < 4.78 is 5.54. The van der Waals surface area contributed by atoms with Crippen molar-refractivity contribution in [3.05, 3.63) is 23.5 Å². The fourth-order valence-electron chi connectivity index (χ4n) is 6.72. The third kappa shape index (κ3) is 2.14. The van der Waals surface area contributed by atoms with Gasteiger partial charge in [-0.25, -0.2) is 0 Å². The highest BCUT2D eigenvalue weighted by atomic mass is 16.5. The van der Waals surface area contributed by atoms with Crippen LogP contribution in [0.3, 0.4) is 0 Å². The second-order valence-electron chi connectivity index (χ2n) is 8.70. The Morgan fingerprint density at radius 1 is 1.30 bits per heavy atom. The van der Waals surface area contributed by atoms with Crippen LogP contribution in [-0.2, 0) is 4.74 Å². The van der Waals surface area contributed by atoms with Crippen LogP contribution in [0.15, 0.2) is 23.5 Å². The topological polar surface area (TPSA) is 9.23 Å². The normalized spacial score (nSPS) is 48.3. The molecule has 0 N–H and O–H groups in total. The molecule has 0 bridgehead atoms. The van der Waals surface area contributed by atoms with E-state index in [1.165, 1.54) is 37.9 Å². The first-order valence-corrected chi connectivity index (χ1v) is 9.50. The maximum atomic E-state index is 5.85. The van der Waals surface area contributed by atoms with Gasteiger partial charge in [-0.3, -0.25) is 0 Å². The van der Waals surface area contributed by atoms with Crippen LogP contribution in [0, 0.1) is 53.3 Å². The molecule has 4 aliphatic carbocycles. The van der Waals surface area contributed by atoms with Gasteiger partial charge in [0.2, 0.25) is 0 Å². The third-order valence-corrected chi connectivity index (χ3v) is 7.89. The second kappa shape index (κ2) is 5.44. The molecule has 0 spiro atoms. The van der Waals surface area contributed by atoms with Gasteiger partial charge in [-0.15, -0.1) is 12.3 Å². The molecule has 0 radical (unpaired) electrons. The maximum absolute atomic E-state index is 5.85. The van der Waals surface area contributed by atoms with Crippen molar-refractivity contribution in [2.75, 3.05) is 7.11 Å². The molecule has 1 heteroatoms. The zero-order valence-corrected chi connectivity index (χ0v) is 14.8. The van der Waals surface area contributed by atoms with Crippen molar-refractivity contribution in [1.29, 1.82) is 0 Å². The monoisotopic (exact) mass is 310 g/mol. The van der Waals surface area contributed by atoms with Gasteiger partial charge in [0.1, 0.15) is 0 Å². The van der Waals surface area contributed by atoms with E-state index in [0.717, 1.165) is 36.0 Å². The van der Waals surface area contributed by atoms with Crippen molar-refractivity contribution in [2.45, 2.75) is 52.4 Å². The minimum absolute atomic E-state index is 0.360. The first-order chi connectivity index (χ1) is 11.1. The van der Waals surface area contributed by atoms with E-state index in [0.29, 0.717) is 11.3 Å². The van der Waals surface area contributed by atoms with E-state index in [1.807, 2.05) is 7.11 Å². The highest BCUT2D eigenvalue weighted by Crippen LogP contribution is 2.62. The molecule has 0 aliphatic heterocycles. The number of terminal acetylenes is 1. The van der Waals surface area contributed by atoms with Crippen molar-refractivity contribution >= 4 is 0 Å². The summed E-state index contributed by atoms with van der Waals surface area (Å²) in [6, 6.07) is 0. The second-order valence-corrected chi connectivity index (χ2v) is 8.70. The maximum Gasteiger partial charge on any atom is 0.0958 e. The zero-order valence-electron chi connectivity index (χ0n) is 14.8. The van der Waals surface area contributed by atoms with E-state index >= 15 is 0 Å². The number of ether oxygens (including phenoxy) is 1. The summed E-state index contributed by atoms with van der Waals surface area (Å²) in [7, 11) is 1.81. The van der Waals surface area contributed by atoms with Crippen LogP contribution in [0.4, 0.5) is 0 Å². The summed E-state index contributed by atoms with van der Waals surface area (Å²) in [5, 5.41) is 0. The summed E-state index contributed by atoms with van der Waals surface area (Å²) in [6.45, 7) is 5.00. The molecule has 4 rings (SSSR count). The van der Waals surface area contributed by atoms with Crippen molar-refractivity contribution in [3.8, 4) is 12.3 Å². The van der Waals surface area contributed by atoms with Gasteiger partial charge >= 0.3 is 0 Å². The van der Waals surface area contributed by atoms with E-state index in [1.54, 1.807) is 5.57 Å². The fraction of sp³-hybridized carbons (Fsp3) is 0.727. The Kier molecular flexibility index (Phi) is 3.63. The Morgan fingerprint density at radius 2 is 2.13 bits per heavy atom. The molecule has 2 saturated carbocycles. The summed E-state index contributed by atoms with van der Waals surface area (Å²) in [4.78, 5) is 0. The van der Waals surface area contributed by atoms with Crippen molar-refractivity contribution in [3.63, 3.8) is 0 Å². The lowest BCUT2D eigenvalue weighted by Gasteiger charge is -2.55.